The third-order valence-corrected chi connectivity index (χ3v) is 6.17. The number of hydrogen-bond donors (Lipinski definition) is 4. The van der Waals surface area contributed by atoms with Gasteiger partial charge in [-0.3, -0.25) is 24.5 Å². The molecule has 4 N–H and O–H groups in total. The first-order valence-electron chi connectivity index (χ1n) is 11.3. The first-order chi connectivity index (χ1) is 16.3. The van der Waals surface area contributed by atoms with Crippen LogP contribution in [-0.2, 0) is 31.0 Å². The zero-order chi connectivity index (χ0) is 24.7. The van der Waals surface area contributed by atoms with Crippen LogP contribution in [0, 0.1) is 0 Å². The summed E-state index contributed by atoms with van der Waals surface area (Å²) in [5.41, 5.74) is 2.23. The number of carbonyl (C=O) groups is 4. The van der Waals surface area contributed by atoms with Crippen molar-refractivity contribution < 1.29 is 19.2 Å². The van der Waals surface area contributed by atoms with Gasteiger partial charge in [0.2, 0.25) is 23.6 Å². The minimum atomic E-state index is -0.790. The number of nitrogens with one attached hydrogen (secondary N) is 4. The van der Waals surface area contributed by atoms with Crippen molar-refractivity contribution in [3.63, 3.8) is 0 Å². The third kappa shape index (κ3) is 5.51. The Kier molecular flexibility index (Phi) is 7.83. The summed E-state index contributed by atoms with van der Waals surface area (Å²) in [7, 11) is 0. The lowest BCUT2D eigenvalue weighted by atomic mass is 9.72. The van der Waals surface area contributed by atoms with Crippen LogP contribution in [0.2, 0.25) is 0 Å². The largest absolute Gasteiger partial charge is 0.362 e. The van der Waals surface area contributed by atoms with Crippen LogP contribution in [0.15, 0.2) is 61.3 Å². The number of amides is 4. The van der Waals surface area contributed by atoms with Gasteiger partial charge in [-0.05, 0) is 48.4 Å². The Bertz CT molecular complexity index is 1100. The van der Waals surface area contributed by atoms with Crippen molar-refractivity contribution in [3.8, 4) is 0 Å². The lowest BCUT2D eigenvalue weighted by Gasteiger charge is -2.35. The quantitative estimate of drug-likeness (QED) is 0.428. The summed E-state index contributed by atoms with van der Waals surface area (Å²) < 4.78 is 0. The molecule has 34 heavy (non-hydrogen) atoms. The Morgan fingerprint density at radius 1 is 1.15 bits per heavy atom. The Balaban J connectivity index is 1.77. The van der Waals surface area contributed by atoms with E-state index in [1.54, 1.807) is 30.5 Å². The highest BCUT2D eigenvalue weighted by molar-refractivity contribution is 6.03. The normalized spacial score (nSPS) is 18.4. The molecule has 178 valence electrons. The number of imide groups is 1. The van der Waals surface area contributed by atoms with Crippen LogP contribution in [0.25, 0.3) is 0 Å². The van der Waals surface area contributed by atoms with E-state index in [0.717, 1.165) is 16.8 Å². The molecule has 8 heteroatoms. The molecule has 1 saturated heterocycles. The summed E-state index contributed by atoms with van der Waals surface area (Å²) >= 11 is 0. The molecule has 3 rings (SSSR count). The molecule has 2 atom stereocenters. The highest BCUT2D eigenvalue weighted by Gasteiger charge is 2.42. The van der Waals surface area contributed by atoms with Crippen molar-refractivity contribution in [2.24, 2.45) is 0 Å². The minimum Gasteiger partial charge on any atom is -0.362 e. The third-order valence-electron chi connectivity index (χ3n) is 6.17. The van der Waals surface area contributed by atoms with Crippen LogP contribution >= 0.6 is 0 Å². The number of para-hydroxylation sites is 1. The molecule has 1 aliphatic rings. The van der Waals surface area contributed by atoms with Crippen LogP contribution < -0.4 is 21.3 Å². The lowest BCUT2D eigenvalue weighted by molar-refractivity contribution is -0.138. The summed E-state index contributed by atoms with van der Waals surface area (Å²) in [6.45, 7) is 6.96. The van der Waals surface area contributed by atoms with E-state index in [-0.39, 0.29) is 30.0 Å². The minimum absolute atomic E-state index is 0.258. The van der Waals surface area contributed by atoms with E-state index in [1.165, 1.54) is 6.92 Å². The summed E-state index contributed by atoms with van der Waals surface area (Å²) in [5.74, 6) is -1.22. The van der Waals surface area contributed by atoms with Gasteiger partial charge in [-0.1, -0.05) is 43.8 Å². The molecule has 2 aromatic rings. The van der Waals surface area contributed by atoms with Crippen LogP contribution in [0.4, 0.5) is 11.4 Å². The van der Waals surface area contributed by atoms with Crippen molar-refractivity contribution in [2.75, 3.05) is 10.6 Å². The molecular weight excluding hydrogens is 432 g/mol. The maximum absolute atomic E-state index is 13.0. The predicted molar refractivity (Wildman–Crippen MR) is 131 cm³/mol. The Labute approximate surface area is 199 Å². The smallest absolute Gasteiger partial charge is 0.247 e. The van der Waals surface area contributed by atoms with E-state index >= 15 is 0 Å². The molecule has 2 unspecified atom stereocenters. The number of rotatable bonds is 9. The number of piperidine rings is 1. The van der Waals surface area contributed by atoms with Crippen LogP contribution in [0.3, 0.4) is 0 Å². The van der Waals surface area contributed by atoms with Crippen LogP contribution in [0.1, 0.15) is 44.2 Å². The highest BCUT2D eigenvalue weighted by atomic mass is 16.2. The summed E-state index contributed by atoms with van der Waals surface area (Å²) in [6, 6.07) is 13.8. The second-order valence-electron chi connectivity index (χ2n) is 8.34. The first kappa shape index (κ1) is 24.7. The van der Waals surface area contributed by atoms with Gasteiger partial charge in [0.25, 0.3) is 0 Å². The van der Waals surface area contributed by atoms with E-state index in [1.807, 2.05) is 31.2 Å². The number of benzene rings is 2. The second kappa shape index (κ2) is 10.8. The first-order valence-corrected chi connectivity index (χ1v) is 11.3. The van der Waals surface area contributed by atoms with Crippen molar-refractivity contribution in [2.45, 2.75) is 51.0 Å². The van der Waals surface area contributed by atoms with Crippen LogP contribution in [0.5, 0.6) is 0 Å². The zero-order valence-corrected chi connectivity index (χ0v) is 19.4. The molecule has 2 aromatic carbocycles. The van der Waals surface area contributed by atoms with Gasteiger partial charge in [0.05, 0.1) is 5.41 Å². The van der Waals surface area contributed by atoms with Crippen molar-refractivity contribution in [3.05, 3.63) is 72.4 Å². The average Bonchev–Trinajstić information content (AvgIpc) is 2.81. The fourth-order valence-corrected chi connectivity index (χ4v) is 4.29. The maximum Gasteiger partial charge on any atom is 0.247 e. The number of carbonyl (C=O) groups excluding carboxylic acids is 4. The van der Waals surface area contributed by atoms with Gasteiger partial charge >= 0.3 is 0 Å². The van der Waals surface area contributed by atoms with Gasteiger partial charge in [0, 0.05) is 31.1 Å². The van der Waals surface area contributed by atoms with Gasteiger partial charge in [0.15, 0.2) is 0 Å². The van der Waals surface area contributed by atoms with E-state index in [2.05, 4.69) is 27.8 Å². The average molecular weight is 463 g/mol. The van der Waals surface area contributed by atoms with Crippen molar-refractivity contribution in [1.82, 2.24) is 10.6 Å². The van der Waals surface area contributed by atoms with Gasteiger partial charge in [-0.15, -0.1) is 0 Å². The molecule has 0 aliphatic carbocycles. The Hall–Kier alpha value is -3.94. The highest BCUT2D eigenvalue weighted by Crippen LogP contribution is 2.36. The van der Waals surface area contributed by atoms with Crippen molar-refractivity contribution >= 4 is 35.0 Å². The maximum atomic E-state index is 13.0. The monoisotopic (exact) mass is 462 g/mol. The second-order valence-corrected chi connectivity index (χ2v) is 8.34. The molecule has 0 bridgehead atoms. The molecular formula is C26H30N4O4. The fraction of sp³-hybridized carbons (Fsp3) is 0.308. The standard InChI is InChI=1S/C26H30N4O4/c1-4-26(15-14-23(32)30-25(26)34)19-10-12-20(13-11-19)29-24(33)22(28-17(3)31)16-18-8-6-7-9-21(18)27-5-2/h5-13,22,27H,2,4,14-16H2,1,3H3,(H,28,31)(H,29,33)(H,30,32,34). The van der Waals surface area contributed by atoms with E-state index in [4.69, 9.17) is 0 Å². The molecule has 4 amide bonds. The van der Waals surface area contributed by atoms with Crippen molar-refractivity contribution in [1.29, 1.82) is 0 Å². The number of hydrogen-bond acceptors (Lipinski definition) is 5. The molecule has 1 aliphatic heterocycles. The van der Waals surface area contributed by atoms with E-state index in [9.17, 15) is 19.2 Å². The van der Waals surface area contributed by atoms with Crippen LogP contribution in [-0.4, -0.2) is 29.7 Å². The van der Waals surface area contributed by atoms with Gasteiger partial charge in [-0.25, -0.2) is 0 Å². The molecule has 8 nitrogen and oxygen atoms in total. The molecule has 1 fully saturated rings. The molecule has 0 aromatic heterocycles. The molecule has 1 heterocycles. The fourth-order valence-electron chi connectivity index (χ4n) is 4.29. The number of anilines is 2. The Morgan fingerprint density at radius 2 is 1.85 bits per heavy atom. The molecule has 0 spiro atoms. The zero-order valence-electron chi connectivity index (χ0n) is 19.4. The molecule has 0 saturated carbocycles. The predicted octanol–water partition coefficient (Wildman–Crippen LogP) is 3.01. The Morgan fingerprint density at radius 3 is 2.47 bits per heavy atom. The van der Waals surface area contributed by atoms with E-state index < -0.39 is 11.5 Å². The van der Waals surface area contributed by atoms with E-state index in [0.29, 0.717) is 24.9 Å². The summed E-state index contributed by atoms with van der Waals surface area (Å²) in [5, 5.41) is 11.0. The molecule has 0 radical (unpaired) electrons. The van der Waals surface area contributed by atoms with Gasteiger partial charge in [0.1, 0.15) is 6.04 Å². The van der Waals surface area contributed by atoms with Gasteiger partial charge in [-0.2, -0.15) is 0 Å². The topological polar surface area (TPSA) is 116 Å². The lowest BCUT2D eigenvalue weighted by Crippen LogP contribution is -2.51. The van der Waals surface area contributed by atoms with Gasteiger partial charge < -0.3 is 16.0 Å². The SMILES string of the molecule is C=CNc1ccccc1CC(NC(C)=O)C(=O)Nc1ccc(C2(CC)CCC(=O)NC2=O)cc1. The summed E-state index contributed by atoms with van der Waals surface area (Å²) in [4.78, 5) is 49.0. The summed E-state index contributed by atoms with van der Waals surface area (Å²) in [6.07, 6.45) is 3.13.